The summed E-state index contributed by atoms with van der Waals surface area (Å²) in [5.41, 5.74) is 0.0697. The molecule has 2 saturated heterocycles. The molecule has 3 nitrogen and oxygen atoms in total. The summed E-state index contributed by atoms with van der Waals surface area (Å²) in [5, 5.41) is 3.57. The number of hydrogen-bond donors (Lipinski definition) is 1. The summed E-state index contributed by atoms with van der Waals surface area (Å²) in [6.07, 6.45) is 5.04. The van der Waals surface area contributed by atoms with Gasteiger partial charge in [0.1, 0.15) is 0 Å². The van der Waals surface area contributed by atoms with Crippen LogP contribution in [0.15, 0.2) is 0 Å². The zero-order valence-corrected chi connectivity index (χ0v) is 11.0. The molecule has 2 rings (SSSR count). The van der Waals surface area contributed by atoms with E-state index in [9.17, 15) is 0 Å². The fourth-order valence-electron chi connectivity index (χ4n) is 2.99. The summed E-state index contributed by atoms with van der Waals surface area (Å²) in [6.45, 7) is 7.74. The normalized spacial score (nSPS) is 34.5. The minimum atomic E-state index is 0.0697. The highest BCUT2D eigenvalue weighted by Crippen LogP contribution is 2.27. The Morgan fingerprint density at radius 2 is 2.19 bits per heavy atom. The van der Waals surface area contributed by atoms with Crippen LogP contribution in [-0.2, 0) is 4.74 Å². The lowest BCUT2D eigenvalue weighted by Gasteiger charge is -2.40. The topological polar surface area (TPSA) is 24.5 Å². The lowest BCUT2D eigenvalue weighted by Crippen LogP contribution is -2.47. The Kier molecular flexibility index (Phi) is 3.88. The SMILES string of the molecule is CN(CC1CCCN1)C1CCOC(C)(C)C1. The van der Waals surface area contributed by atoms with Crippen molar-refractivity contribution in [3.63, 3.8) is 0 Å². The highest BCUT2D eigenvalue weighted by molar-refractivity contribution is 4.86. The maximum absolute atomic E-state index is 5.77. The van der Waals surface area contributed by atoms with Crippen LogP contribution in [0, 0.1) is 0 Å². The van der Waals surface area contributed by atoms with Gasteiger partial charge in [0.05, 0.1) is 5.60 Å². The third-order valence-electron chi connectivity index (χ3n) is 3.97. The molecule has 2 unspecified atom stereocenters. The van der Waals surface area contributed by atoms with Crippen LogP contribution < -0.4 is 5.32 Å². The van der Waals surface area contributed by atoms with E-state index in [1.807, 2.05) is 0 Å². The summed E-state index contributed by atoms with van der Waals surface area (Å²) in [4.78, 5) is 2.53. The van der Waals surface area contributed by atoms with Crippen molar-refractivity contribution in [3.05, 3.63) is 0 Å². The van der Waals surface area contributed by atoms with E-state index < -0.39 is 0 Å². The first-order valence-electron chi connectivity index (χ1n) is 6.64. The van der Waals surface area contributed by atoms with Gasteiger partial charge in [-0.05, 0) is 53.1 Å². The molecule has 0 radical (unpaired) electrons. The summed E-state index contributed by atoms with van der Waals surface area (Å²) in [6, 6.07) is 1.42. The molecule has 0 bridgehead atoms. The number of ether oxygens (including phenoxy) is 1. The van der Waals surface area contributed by atoms with Crippen LogP contribution in [-0.4, -0.2) is 49.3 Å². The number of likely N-dealkylation sites (N-methyl/N-ethyl adjacent to an activating group) is 1. The molecule has 2 heterocycles. The van der Waals surface area contributed by atoms with Crippen molar-refractivity contribution in [1.82, 2.24) is 10.2 Å². The van der Waals surface area contributed by atoms with E-state index >= 15 is 0 Å². The van der Waals surface area contributed by atoms with Gasteiger partial charge in [0.25, 0.3) is 0 Å². The molecule has 2 fully saturated rings. The van der Waals surface area contributed by atoms with E-state index in [0.717, 1.165) is 19.1 Å². The Labute approximate surface area is 99.5 Å². The molecule has 0 amide bonds. The second-order valence-electron chi connectivity index (χ2n) is 5.99. The Morgan fingerprint density at radius 1 is 1.38 bits per heavy atom. The third kappa shape index (κ3) is 3.19. The van der Waals surface area contributed by atoms with Crippen molar-refractivity contribution in [1.29, 1.82) is 0 Å². The molecule has 0 spiro atoms. The van der Waals surface area contributed by atoms with Gasteiger partial charge in [-0.25, -0.2) is 0 Å². The molecule has 0 aliphatic carbocycles. The van der Waals surface area contributed by atoms with E-state index in [-0.39, 0.29) is 5.60 Å². The zero-order chi connectivity index (χ0) is 11.6. The average molecular weight is 226 g/mol. The van der Waals surface area contributed by atoms with E-state index in [1.54, 1.807) is 0 Å². The van der Waals surface area contributed by atoms with Crippen LogP contribution in [0.2, 0.25) is 0 Å². The minimum Gasteiger partial charge on any atom is -0.375 e. The summed E-state index contributed by atoms with van der Waals surface area (Å²) in [7, 11) is 2.27. The quantitative estimate of drug-likeness (QED) is 0.791. The van der Waals surface area contributed by atoms with Gasteiger partial charge in [-0.15, -0.1) is 0 Å². The molecule has 0 aromatic rings. The summed E-state index contributed by atoms with van der Waals surface area (Å²) >= 11 is 0. The van der Waals surface area contributed by atoms with Gasteiger partial charge in [-0.2, -0.15) is 0 Å². The van der Waals surface area contributed by atoms with Gasteiger partial charge in [-0.3, -0.25) is 0 Å². The van der Waals surface area contributed by atoms with Gasteiger partial charge in [-0.1, -0.05) is 0 Å². The molecular weight excluding hydrogens is 200 g/mol. The molecule has 0 aromatic heterocycles. The first-order chi connectivity index (χ1) is 7.57. The Balaban J connectivity index is 1.81. The molecule has 16 heavy (non-hydrogen) atoms. The number of hydrogen-bond acceptors (Lipinski definition) is 3. The highest BCUT2D eigenvalue weighted by Gasteiger charge is 2.31. The standard InChI is InChI=1S/C13H26N2O/c1-13(2)9-12(6-8-16-13)15(3)10-11-5-4-7-14-11/h11-12,14H,4-10H2,1-3H3. The van der Waals surface area contributed by atoms with Crippen molar-refractivity contribution in [2.75, 3.05) is 26.7 Å². The van der Waals surface area contributed by atoms with E-state index in [0.29, 0.717) is 6.04 Å². The number of rotatable bonds is 3. The first kappa shape index (κ1) is 12.3. The molecule has 0 aromatic carbocycles. The summed E-state index contributed by atoms with van der Waals surface area (Å²) in [5.74, 6) is 0. The second kappa shape index (κ2) is 5.03. The Morgan fingerprint density at radius 3 is 2.81 bits per heavy atom. The van der Waals surface area contributed by atoms with Crippen LogP contribution >= 0.6 is 0 Å². The van der Waals surface area contributed by atoms with Crippen molar-refractivity contribution in [2.24, 2.45) is 0 Å². The van der Waals surface area contributed by atoms with Crippen LogP contribution in [0.5, 0.6) is 0 Å². The van der Waals surface area contributed by atoms with Crippen LogP contribution in [0.3, 0.4) is 0 Å². The number of nitrogens with zero attached hydrogens (tertiary/aromatic N) is 1. The fraction of sp³-hybridized carbons (Fsp3) is 1.00. The predicted molar refractivity (Wildman–Crippen MR) is 66.7 cm³/mol. The van der Waals surface area contributed by atoms with Gasteiger partial charge < -0.3 is 15.0 Å². The Hall–Kier alpha value is -0.120. The van der Waals surface area contributed by atoms with Crippen LogP contribution in [0.4, 0.5) is 0 Å². The summed E-state index contributed by atoms with van der Waals surface area (Å²) < 4.78 is 5.77. The lowest BCUT2D eigenvalue weighted by atomic mass is 9.93. The van der Waals surface area contributed by atoms with Crippen molar-refractivity contribution < 1.29 is 4.74 Å². The van der Waals surface area contributed by atoms with E-state index in [2.05, 4.69) is 31.1 Å². The molecule has 0 saturated carbocycles. The molecule has 1 N–H and O–H groups in total. The maximum Gasteiger partial charge on any atom is 0.0641 e. The van der Waals surface area contributed by atoms with Gasteiger partial charge in [0.2, 0.25) is 0 Å². The molecule has 94 valence electrons. The molecule has 2 aliphatic rings. The van der Waals surface area contributed by atoms with E-state index in [4.69, 9.17) is 4.74 Å². The van der Waals surface area contributed by atoms with Crippen molar-refractivity contribution >= 4 is 0 Å². The largest absolute Gasteiger partial charge is 0.375 e. The predicted octanol–water partition coefficient (Wildman–Crippen LogP) is 1.63. The number of nitrogens with one attached hydrogen (secondary N) is 1. The van der Waals surface area contributed by atoms with Gasteiger partial charge >= 0.3 is 0 Å². The van der Waals surface area contributed by atoms with E-state index in [1.165, 1.54) is 32.4 Å². The second-order valence-corrected chi connectivity index (χ2v) is 5.99. The Bertz CT molecular complexity index is 224. The van der Waals surface area contributed by atoms with Crippen molar-refractivity contribution in [2.45, 2.75) is 57.2 Å². The van der Waals surface area contributed by atoms with Crippen LogP contribution in [0.1, 0.15) is 39.5 Å². The molecular formula is C13H26N2O. The third-order valence-corrected chi connectivity index (χ3v) is 3.97. The van der Waals surface area contributed by atoms with Gasteiger partial charge in [0.15, 0.2) is 0 Å². The smallest absolute Gasteiger partial charge is 0.0641 e. The zero-order valence-electron chi connectivity index (χ0n) is 11.0. The monoisotopic (exact) mass is 226 g/mol. The molecule has 2 aliphatic heterocycles. The lowest BCUT2D eigenvalue weighted by molar-refractivity contribution is -0.0805. The molecule has 3 heteroatoms. The fourth-order valence-corrected chi connectivity index (χ4v) is 2.99. The average Bonchev–Trinajstić information content (AvgIpc) is 2.69. The first-order valence-corrected chi connectivity index (χ1v) is 6.64. The van der Waals surface area contributed by atoms with Crippen molar-refractivity contribution in [3.8, 4) is 0 Å². The van der Waals surface area contributed by atoms with Crippen LogP contribution in [0.25, 0.3) is 0 Å². The highest BCUT2D eigenvalue weighted by atomic mass is 16.5. The maximum atomic E-state index is 5.77. The van der Waals surface area contributed by atoms with Gasteiger partial charge in [0, 0.05) is 25.2 Å². The molecule has 2 atom stereocenters. The minimum absolute atomic E-state index is 0.0697.